The Morgan fingerprint density at radius 1 is 0.538 bits per heavy atom. The second kappa shape index (κ2) is 14.0. The largest absolute Gasteiger partial charge is 0.463 e. The van der Waals surface area contributed by atoms with Crippen LogP contribution in [-0.2, 0) is 33.3 Å². The van der Waals surface area contributed by atoms with Crippen molar-refractivity contribution < 1.29 is 63.9 Å². The van der Waals surface area contributed by atoms with Crippen molar-refractivity contribution >= 4 is 11.9 Å². The molecule has 13 nitrogen and oxygen atoms in total. The molecule has 2 saturated heterocycles. The van der Waals surface area contributed by atoms with Crippen LogP contribution in [0.5, 0.6) is 0 Å². The van der Waals surface area contributed by atoms with Crippen molar-refractivity contribution in [3.05, 3.63) is 0 Å². The normalized spacial score (nSPS) is 40.7. The van der Waals surface area contributed by atoms with Gasteiger partial charge in [-0.15, -0.1) is 0 Å². The Morgan fingerprint density at radius 3 is 1.26 bits per heavy atom. The Bertz CT molecular complexity index is 735. The van der Waals surface area contributed by atoms with Crippen LogP contribution in [-0.4, -0.2) is 117 Å². The molecule has 0 amide bonds. The van der Waals surface area contributed by atoms with E-state index in [1.54, 1.807) is 0 Å². The summed E-state index contributed by atoms with van der Waals surface area (Å²) in [5.41, 5.74) is 0. The van der Waals surface area contributed by atoms with E-state index in [0.29, 0.717) is 25.7 Å². The maximum absolute atomic E-state index is 12.4. The van der Waals surface area contributed by atoms with Gasteiger partial charge in [-0.25, -0.2) is 0 Å². The average Bonchev–Trinajstić information content (AvgIpc) is 2.96. The lowest BCUT2D eigenvalue weighted by molar-refractivity contribution is -0.376. The first-order chi connectivity index (χ1) is 18.7. The predicted octanol–water partition coefficient (Wildman–Crippen LogP) is -1.13. The van der Waals surface area contributed by atoms with Crippen molar-refractivity contribution in [1.82, 2.24) is 0 Å². The molecule has 224 valence electrons. The zero-order valence-electron chi connectivity index (χ0n) is 22.0. The first-order valence-corrected chi connectivity index (χ1v) is 14.1. The van der Waals surface area contributed by atoms with Crippen molar-refractivity contribution in [2.45, 2.75) is 126 Å². The second-order valence-corrected chi connectivity index (χ2v) is 11.1. The van der Waals surface area contributed by atoms with Gasteiger partial charge < -0.3 is 54.3 Å². The van der Waals surface area contributed by atoms with E-state index in [4.69, 9.17) is 23.7 Å². The summed E-state index contributed by atoms with van der Waals surface area (Å²) >= 11 is 0. The van der Waals surface area contributed by atoms with E-state index >= 15 is 0 Å². The molecule has 10 unspecified atom stereocenters. The molecule has 4 aliphatic rings. The van der Waals surface area contributed by atoms with Crippen LogP contribution >= 0.6 is 0 Å². The van der Waals surface area contributed by atoms with Crippen LogP contribution in [0, 0.1) is 11.8 Å². The summed E-state index contributed by atoms with van der Waals surface area (Å²) in [6, 6.07) is 0. The van der Waals surface area contributed by atoms with E-state index in [9.17, 15) is 40.2 Å². The van der Waals surface area contributed by atoms with E-state index in [1.165, 1.54) is 0 Å². The highest BCUT2D eigenvalue weighted by atomic mass is 16.8. The van der Waals surface area contributed by atoms with Gasteiger partial charge in [-0.05, 0) is 25.7 Å². The van der Waals surface area contributed by atoms with E-state index in [2.05, 4.69) is 0 Å². The predicted molar refractivity (Wildman–Crippen MR) is 130 cm³/mol. The van der Waals surface area contributed by atoms with E-state index < -0.39 is 86.6 Å². The minimum absolute atomic E-state index is 0.245. The van der Waals surface area contributed by atoms with E-state index in [1.807, 2.05) is 0 Å². The third kappa shape index (κ3) is 7.46. The number of aliphatic hydroxyl groups excluding tert-OH is 6. The molecule has 0 bridgehead atoms. The number of carbonyl (C=O) groups excluding carboxylic acids is 2. The smallest absolute Gasteiger partial charge is 0.309 e. The topological polar surface area (TPSA) is 202 Å². The molecule has 10 atom stereocenters. The van der Waals surface area contributed by atoms with Gasteiger partial charge in [0.25, 0.3) is 0 Å². The summed E-state index contributed by atoms with van der Waals surface area (Å²) in [5.74, 6) is -1.36. The van der Waals surface area contributed by atoms with Crippen molar-refractivity contribution in [3.63, 3.8) is 0 Å². The summed E-state index contributed by atoms with van der Waals surface area (Å²) in [6.07, 6.45) is -7.44. The summed E-state index contributed by atoms with van der Waals surface area (Å²) in [5, 5.41) is 62.3. The number of esters is 2. The highest BCUT2D eigenvalue weighted by molar-refractivity contribution is 5.72. The summed E-state index contributed by atoms with van der Waals surface area (Å²) in [4.78, 5) is 24.8. The van der Waals surface area contributed by atoms with Crippen molar-refractivity contribution in [2.24, 2.45) is 11.8 Å². The van der Waals surface area contributed by atoms with Gasteiger partial charge in [0.15, 0.2) is 12.6 Å². The van der Waals surface area contributed by atoms with Gasteiger partial charge in [-0.3, -0.25) is 9.59 Å². The summed E-state index contributed by atoms with van der Waals surface area (Å²) < 4.78 is 27.3. The first kappa shape index (κ1) is 30.5. The monoisotopic (exact) mass is 562 g/mol. The molecule has 4 rings (SSSR count). The number of ether oxygens (including phenoxy) is 5. The van der Waals surface area contributed by atoms with Crippen LogP contribution < -0.4 is 0 Å². The number of carbonyl (C=O) groups is 2. The lowest BCUT2D eigenvalue weighted by atomic mass is 9.89. The molecule has 0 aromatic heterocycles. The molecule has 2 heterocycles. The SMILES string of the molecule is O=C(OCC1OC(OC2OC(COC(=O)C3CCCCC3)C(O)C(O)C2O)C(O)C(O)C1O)C1CCCCC1. The van der Waals surface area contributed by atoms with Crippen molar-refractivity contribution in [1.29, 1.82) is 0 Å². The third-order valence-electron chi connectivity index (χ3n) is 8.26. The first-order valence-electron chi connectivity index (χ1n) is 14.1. The van der Waals surface area contributed by atoms with E-state index in [-0.39, 0.29) is 11.8 Å². The number of hydrogen-bond acceptors (Lipinski definition) is 13. The van der Waals surface area contributed by atoms with Gasteiger partial charge in [0.05, 0.1) is 11.8 Å². The van der Waals surface area contributed by atoms with Crippen molar-refractivity contribution in [3.8, 4) is 0 Å². The maximum atomic E-state index is 12.4. The highest BCUT2D eigenvalue weighted by Crippen LogP contribution is 2.30. The van der Waals surface area contributed by atoms with Crippen LogP contribution in [0.1, 0.15) is 64.2 Å². The molecule has 2 saturated carbocycles. The average molecular weight is 563 g/mol. The Kier molecular flexibility index (Phi) is 10.9. The minimum atomic E-state index is -1.78. The fourth-order valence-corrected chi connectivity index (χ4v) is 5.71. The van der Waals surface area contributed by atoms with Crippen LogP contribution in [0.2, 0.25) is 0 Å². The lowest BCUT2D eigenvalue weighted by Crippen LogP contribution is -2.64. The zero-order valence-corrected chi connectivity index (χ0v) is 22.0. The van der Waals surface area contributed by atoms with Gasteiger partial charge in [0.1, 0.15) is 62.0 Å². The van der Waals surface area contributed by atoms with Gasteiger partial charge >= 0.3 is 11.9 Å². The highest BCUT2D eigenvalue weighted by Gasteiger charge is 2.50. The number of rotatable bonds is 8. The Balaban J connectivity index is 1.33. The standard InChI is InChI=1S/C26H42O13/c27-17-15(11-35-23(33)13-7-3-1-4-8-13)37-25(21(31)19(17)29)39-26-22(32)20(30)18(28)16(38-26)12-36-24(34)14-9-5-2-6-10-14/h13-22,25-32H,1-12H2. The molecule has 0 aromatic rings. The lowest BCUT2D eigenvalue weighted by Gasteiger charge is -2.44. The molecule has 13 heteroatoms. The van der Waals surface area contributed by atoms with Gasteiger partial charge in [-0.1, -0.05) is 38.5 Å². The van der Waals surface area contributed by atoms with Crippen LogP contribution in [0.3, 0.4) is 0 Å². The molecule has 2 aliphatic heterocycles. The second-order valence-electron chi connectivity index (χ2n) is 11.1. The molecule has 2 aliphatic carbocycles. The quantitative estimate of drug-likeness (QED) is 0.194. The van der Waals surface area contributed by atoms with Crippen molar-refractivity contribution in [2.75, 3.05) is 13.2 Å². The molecule has 0 radical (unpaired) electrons. The minimum Gasteiger partial charge on any atom is -0.463 e. The Labute approximate surface area is 226 Å². The Morgan fingerprint density at radius 2 is 0.897 bits per heavy atom. The fourth-order valence-electron chi connectivity index (χ4n) is 5.71. The maximum Gasteiger partial charge on any atom is 0.309 e. The molecular formula is C26H42O13. The Hall–Kier alpha value is -1.42. The zero-order chi connectivity index (χ0) is 28.1. The van der Waals surface area contributed by atoms with Gasteiger partial charge in [0.2, 0.25) is 0 Å². The number of aliphatic hydroxyl groups is 6. The van der Waals surface area contributed by atoms with Gasteiger partial charge in [0, 0.05) is 0 Å². The molecule has 6 N–H and O–H groups in total. The molecule has 0 aromatic carbocycles. The van der Waals surface area contributed by atoms with Crippen LogP contribution in [0.4, 0.5) is 0 Å². The van der Waals surface area contributed by atoms with Crippen LogP contribution in [0.15, 0.2) is 0 Å². The summed E-state index contributed by atoms with van der Waals surface area (Å²) in [6.45, 7) is -0.815. The van der Waals surface area contributed by atoms with Crippen LogP contribution in [0.25, 0.3) is 0 Å². The molecular weight excluding hydrogens is 520 g/mol. The van der Waals surface area contributed by atoms with E-state index in [0.717, 1.165) is 38.5 Å². The molecule has 4 fully saturated rings. The third-order valence-corrected chi connectivity index (χ3v) is 8.26. The van der Waals surface area contributed by atoms with Gasteiger partial charge in [-0.2, -0.15) is 0 Å². The summed E-state index contributed by atoms with van der Waals surface area (Å²) in [7, 11) is 0. The molecule has 39 heavy (non-hydrogen) atoms. The molecule has 0 spiro atoms. The fraction of sp³-hybridized carbons (Fsp3) is 0.923. The number of hydrogen-bond donors (Lipinski definition) is 6.